The molecular weight excluding hydrogens is 339 g/mol. The van der Waals surface area contributed by atoms with E-state index in [4.69, 9.17) is 5.26 Å². The van der Waals surface area contributed by atoms with E-state index in [1.165, 1.54) is 0 Å². The van der Waals surface area contributed by atoms with Crippen molar-refractivity contribution in [2.45, 2.75) is 0 Å². The number of hydrogen-bond acceptors (Lipinski definition) is 1. The second-order valence-corrected chi connectivity index (χ2v) is 5.12. The van der Waals surface area contributed by atoms with Crippen LogP contribution in [-0.2, 0) is 0 Å². The van der Waals surface area contributed by atoms with E-state index in [1.807, 2.05) is 0 Å². The van der Waals surface area contributed by atoms with Gasteiger partial charge in [-0.05, 0) is 0 Å². The van der Waals surface area contributed by atoms with Gasteiger partial charge >= 0.3 is 87.2 Å². The second kappa shape index (κ2) is 4.26. The first-order chi connectivity index (χ1) is 6.91. The van der Waals surface area contributed by atoms with Crippen molar-refractivity contribution in [3.8, 4) is 4.08 Å². The maximum absolute atomic E-state index is 12.8. The summed E-state index contributed by atoms with van der Waals surface area (Å²) < 4.78 is 75.0. The molecule has 0 heterocycles. The Morgan fingerprint density at radius 2 is 1.13 bits per heavy atom. The van der Waals surface area contributed by atoms with E-state index in [9.17, 15) is 24.8 Å². The van der Waals surface area contributed by atoms with Crippen LogP contribution in [0.4, 0.5) is 24.8 Å². The van der Waals surface area contributed by atoms with Crippen LogP contribution in [0.2, 0.25) is 0 Å². The first-order valence-corrected chi connectivity index (χ1v) is 6.16. The van der Waals surface area contributed by atoms with Crippen LogP contribution in [-0.4, -0.2) is 0 Å². The van der Waals surface area contributed by atoms with Crippen molar-refractivity contribution >= 4 is 20.4 Å². The van der Waals surface area contributed by atoms with Gasteiger partial charge in [-0.1, -0.05) is 0 Å². The fourth-order valence-corrected chi connectivity index (χ4v) is 2.31. The van der Waals surface area contributed by atoms with Crippen molar-refractivity contribution in [2.24, 2.45) is 0 Å². The number of nitrogens with zero attached hydrogens (tertiary/aromatic N) is 1. The Morgan fingerprint density at radius 1 is 0.800 bits per heavy atom. The van der Waals surface area contributed by atoms with Crippen molar-refractivity contribution in [1.29, 1.82) is 5.26 Å². The van der Waals surface area contributed by atoms with Crippen molar-refractivity contribution in [3.63, 3.8) is 0 Å². The SMILES string of the molecule is N#CI(F)c1c(F)c(F)c(F)c(F)c1F. The molecule has 1 rings (SSSR count). The normalized spacial score (nSPS) is 11.1. The van der Waals surface area contributed by atoms with Gasteiger partial charge in [0.05, 0.1) is 0 Å². The van der Waals surface area contributed by atoms with E-state index < -0.39 is 53.0 Å². The van der Waals surface area contributed by atoms with Gasteiger partial charge in [0.25, 0.3) is 0 Å². The van der Waals surface area contributed by atoms with Gasteiger partial charge in [-0.3, -0.25) is 0 Å². The molecule has 0 atom stereocenters. The summed E-state index contributed by atoms with van der Waals surface area (Å²) in [6, 6.07) is 0. The van der Waals surface area contributed by atoms with Crippen LogP contribution in [0.3, 0.4) is 0 Å². The molecule has 0 fully saturated rings. The summed E-state index contributed by atoms with van der Waals surface area (Å²) in [5, 5.41) is 8.06. The summed E-state index contributed by atoms with van der Waals surface area (Å²) in [7, 11) is 0. The molecule has 0 aliphatic rings. The van der Waals surface area contributed by atoms with Crippen LogP contribution < -0.4 is 0 Å². The molecule has 0 aromatic heterocycles. The van der Waals surface area contributed by atoms with Crippen LogP contribution in [0, 0.1) is 42.0 Å². The van der Waals surface area contributed by atoms with Gasteiger partial charge in [0.15, 0.2) is 0 Å². The quantitative estimate of drug-likeness (QED) is 0.333. The molecule has 15 heavy (non-hydrogen) atoms. The van der Waals surface area contributed by atoms with Crippen molar-refractivity contribution < 1.29 is 24.8 Å². The zero-order valence-electron chi connectivity index (χ0n) is 6.59. The summed E-state index contributed by atoms with van der Waals surface area (Å²) in [5.41, 5.74) is 0. The molecule has 0 radical (unpaired) electrons. The second-order valence-electron chi connectivity index (χ2n) is 2.21. The molecule has 0 aliphatic heterocycles. The Morgan fingerprint density at radius 3 is 1.47 bits per heavy atom. The van der Waals surface area contributed by atoms with Crippen LogP contribution in [0.5, 0.6) is 0 Å². The first-order valence-electron chi connectivity index (χ1n) is 3.19. The molecule has 82 valence electrons. The van der Waals surface area contributed by atoms with Gasteiger partial charge in [-0.2, -0.15) is 0 Å². The summed E-state index contributed by atoms with van der Waals surface area (Å²) in [6.45, 7) is 0. The average molecular weight is 339 g/mol. The molecule has 8 heteroatoms. The molecule has 1 nitrogen and oxygen atoms in total. The third kappa shape index (κ3) is 1.88. The Balaban J connectivity index is 3.61. The number of rotatable bonds is 1. The fourth-order valence-electron chi connectivity index (χ4n) is 0.766. The van der Waals surface area contributed by atoms with Crippen LogP contribution in [0.15, 0.2) is 0 Å². The average Bonchev–Trinajstić information content (AvgIpc) is 2.23. The van der Waals surface area contributed by atoms with Crippen molar-refractivity contribution in [2.75, 3.05) is 0 Å². The third-order valence-electron chi connectivity index (χ3n) is 1.40. The summed E-state index contributed by atoms with van der Waals surface area (Å²) in [6.07, 6.45) is 0. The molecule has 0 bridgehead atoms. The van der Waals surface area contributed by atoms with E-state index in [0.717, 1.165) is 4.08 Å². The molecule has 0 aliphatic carbocycles. The predicted molar refractivity (Wildman–Crippen MR) is 45.7 cm³/mol. The van der Waals surface area contributed by atoms with Gasteiger partial charge in [0.1, 0.15) is 0 Å². The Bertz CT molecular complexity index is 425. The minimum absolute atomic E-state index is 0.891. The van der Waals surface area contributed by atoms with Crippen LogP contribution in [0.1, 0.15) is 0 Å². The summed E-state index contributed by atoms with van der Waals surface area (Å²) >= 11 is -4.46. The van der Waals surface area contributed by atoms with E-state index >= 15 is 0 Å². The molecule has 0 unspecified atom stereocenters. The van der Waals surface area contributed by atoms with E-state index in [2.05, 4.69) is 0 Å². The molecule has 0 saturated heterocycles. The van der Waals surface area contributed by atoms with Crippen LogP contribution in [0.25, 0.3) is 0 Å². The number of hydrogen-bond donors (Lipinski definition) is 0. The molecule has 0 amide bonds. The first kappa shape index (κ1) is 12.1. The van der Waals surface area contributed by atoms with Gasteiger partial charge < -0.3 is 0 Å². The van der Waals surface area contributed by atoms with Gasteiger partial charge in [-0.25, -0.2) is 0 Å². The monoisotopic (exact) mass is 339 g/mol. The van der Waals surface area contributed by atoms with E-state index in [0.29, 0.717) is 0 Å². The number of benzene rings is 1. The van der Waals surface area contributed by atoms with Crippen LogP contribution >= 0.6 is 20.4 Å². The Hall–Kier alpha value is -0.980. The van der Waals surface area contributed by atoms with E-state index in [1.54, 1.807) is 0 Å². The summed E-state index contributed by atoms with van der Waals surface area (Å²) in [4.78, 5) is 0. The molecule has 0 saturated carbocycles. The topological polar surface area (TPSA) is 23.8 Å². The molecule has 0 spiro atoms. The number of halogens is 7. The molecular formula is C7F6IN. The van der Waals surface area contributed by atoms with Crippen molar-refractivity contribution in [1.82, 2.24) is 0 Å². The number of nitriles is 1. The molecule has 1 aromatic carbocycles. The van der Waals surface area contributed by atoms with E-state index in [-0.39, 0.29) is 0 Å². The van der Waals surface area contributed by atoms with Gasteiger partial charge in [0.2, 0.25) is 0 Å². The Labute approximate surface area is 87.5 Å². The van der Waals surface area contributed by atoms with Gasteiger partial charge in [-0.15, -0.1) is 0 Å². The zero-order valence-corrected chi connectivity index (χ0v) is 8.75. The maximum atomic E-state index is 12.8. The van der Waals surface area contributed by atoms with Crippen molar-refractivity contribution in [3.05, 3.63) is 32.7 Å². The Kier molecular flexibility index (Phi) is 3.43. The zero-order chi connectivity index (χ0) is 11.7. The predicted octanol–water partition coefficient (Wildman–Crippen LogP) is 3.42. The molecule has 1 aromatic rings. The summed E-state index contributed by atoms with van der Waals surface area (Å²) in [5.74, 6) is -11.4. The van der Waals surface area contributed by atoms with Gasteiger partial charge in [0, 0.05) is 0 Å². The fraction of sp³-hybridized carbons (Fsp3) is 0. The standard InChI is InChI=1S/C7F6IN/c8-2-3(9)5(11)7(14(13)1-15)6(12)4(2)10. The minimum atomic E-state index is -4.46. The third-order valence-corrected chi connectivity index (χ3v) is 3.71. The molecule has 0 N–H and O–H groups in total.